The van der Waals surface area contributed by atoms with Crippen molar-refractivity contribution < 1.29 is 4.79 Å². The maximum Gasteiger partial charge on any atom is 0.223 e. The van der Waals surface area contributed by atoms with E-state index in [1.54, 1.807) is 6.33 Å². The van der Waals surface area contributed by atoms with Crippen molar-refractivity contribution in [3.63, 3.8) is 0 Å². The average Bonchev–Trinajstić information content (AvgIpc) is 2.94. The molecule has 1 saturated carbocycles. The predicted molar refractivity (Wildman–Crippen MR) is 65.1 cm³/mol. The molecule has 1 amide bonds. The minimum Gasteiger partial charge on any atom is -0.350 e. The van der Waals surface area contributed by atoms with E-state index in [9.17, 15) is 4.79 Å². The van der Waals surface area contributed by atoms with Gasteiger partial charge in [-0.15, -0.1) is 0 Å². The maximum absolute atomic E-state index is 12.0. The summed E-state index contributed by atoms with van der Waals surface area (Å²) in [5, 5.41) is 2.96. The average molecular weight is 236 g/mol. The molecule has 1 heterocycles. The molecular weight excluding hydrogens is 216 g/mol. The number of rotatable bonds is 4. The van der Waals surface area contributed by atoms with Crippen molar-refractivity contribution in [1.82, 2.24) is 15.3 Å². The Morgan fingerprint density at radius 2 is 2.47 bits per heavy atom. The summed E-state index contributed by atoms with van der Waals surface area (Å²) >= 11 is 0. The van der Waals surface area contributed by atoms with Crippen molar-refractivity contribution in [2.24, 2.45) is 17.6 Å². The molecule has 5 nitrogen and oxygen atoms in total. The second kappa shape index (κ2) is 5.31. The number of H-pyrrole nitrogens is 1. The first-order valence-electron chi connectivity index (χ1n) is 6.19. The van der Waals surface area contributed by atoms with Gasteiger partial charge >= 0.3 is 0 Å². The van der Waals surface area contributed by atoms with Crippen LogP contribution in [0.3, 0.4) is 0 Å². The summed E-state index contributed by atoms with van der Waals surface area (Å²) in [4.78, 5) is 19.2. The zero-order chi connectivity index (χ0) is 12.3. The van der Waals surface area contributed by atoms with Crippen LogP contribution in [0.4, 0.5) is 0 Å². The third-order valence-electron chi connectivity index (χ3n) is 3.66. The van der Waals surface area contributed by atoms with E-state index in [1.807, 2.05) is 6.92 Å². The van der Waals surface area contributed by atoms with Gasteiger partial charge in [0.25, 0.3) is 0 Å². The summed E-state index contributed by atoms with van der Waals surface area (Å²) in [6, 6.07) is 0. The van der Waals surface area contributed by atoms with Crippen LogP contribution in [0.5, 0.6) is 0 Å². The molecule has 0 bridgehead atoms. The van der Waals surface area contributed by atoms with Crippen LogP contribution in [-0.4, -0.2) is 22.4 Å². The second-order valence-electron chi connectivity index (χ2n) is 4.73. The monoisotopic (exact) mass is 236 g/mol. The number of nitrogens with two attached hydrogens (primary N) is 1. The van der Waals surface area contributed by atoms with Crippen molar-refractivity contribution in [2.45, 2.75) is 32.7 Å². The molecule has 1 aromatic rings. The lowest BCUT2D eigenvalue weighted by atomic mass is 9.95. The van der Waals surface area contributed by atoms with Crippen molar-refractivity contribution in [3.8, 4) is 0 Å². The Bertz CT molecular complexity index is 388. The van der Waals surface area contributed by atoms with E-state index >= 15 is 0 Å². The molecule has 0 spiro atoms. The fourth-order valence-electron chi connectivity index (χ4n) is 2.53. The molecule has 17 heavy (non-hydrogen) atoms. The van der Waals surface area contributed by atoms with Gasteiger partial charge in [0.05, 0.1) is 18.6 Å². The SMILES string of the molecule is Cc1[nH]cnc1CNC(=O)[C@@H]1CCC[C@@H]1CN. The van der Waals surface area contributed by atoms with Crippen molar-refractivity contribution in [2.75, 3.05) is 6.54 Å². The first-order chi connectivity index (χ1) is 8.22. The lowest BCUT2D eigenvalue weighted by molar-refractivity contribution is -0.126. The topological polar surface area (TPSA) is 83.8 Å². The van der Waals surface area contributed by atoms with Gasteiger partial charge in [-0.3, -0.25) is 4.79 Å². The summed E-state index contributed by atoms with van der Waals surface area (Å²) in [6.07, 6.45) is 4.81. The molecule has 1 aliphatic rings. The van der Waals surface area contributed by atoms with Gasteiger partial charge in [0.1, 0.15) is 0 Å². The molecule has 1 fully saturated rings. The number of nitrogens with one attached hydrogen (secondary N) is 2. The first kappa shape index (κ1) is 12.1. The van der Waals surface area contributed by atoms with Crippen LogP contribution in [0, 0.1) is 18.8 Å². The van der Waals surface area contributed by atoms with Crippen LogP contribution in [-0.2, 0) is 11.3 Å². The van der Waals surface area contributed by atoms with E-state index in [-0.39, 0.29) is 11.8 Å². The van der Waals surface area contributed by atoms with Gasteiger partial charge in [-0.25, -0.2) is 4.98 Å². The number of imidazole rings is 1. The van der Waals surface area contributed by atoms with Crippen LogP contribution in [0.25, 0.3) is 0 Å². The van der Waals surface area contributed by atoms with E-state index in [0.717, 1.165) is 30.7 Å². The number of hydrogen-bond donors (Lipinski definition) is 3. The zero-order valence-corrected chi connectivity index (χ0v) is 10.2. The largest absolute Gasteiger partial charge is 0.350 e. The van der Waals surface area contributed by atoms with E-state index in [4.69, 9.17) is 5.73 Å². The summed E-state index contributed by atoms with van der Waals surface area (Å²) in [5.41, 5.74) is 7.59. The lowest BCUT2D eigenvalue weighted by Crippen LogP contribution is -2.34. The molecule has 0 unspecified atom stereocenters. The van der Waals surface area contributed by atoms with Gasteiger partial charge in [0.2, 0.25) is 5.91 Å². The number of aromatic nitrogens is 2. The van der Waals surface area contributed by atoms with Crippen molar-refractivity contribution in [3.05, 3.63) is 17.7 Å². The zero-order valence-electron chi connectivity index (χ0n) is 10.2. The fourth-order valence-corrected chi connectivity index (χ4v) is 2.53. The molecule has 5 heteroatoms. The normalized spacial score (nSPS) is 23.9. The van der Waals surface area contributed by atoms with Gasteiger partial charge in [0.15, 0.2) is 0 Å². The van der Waals surface area contributed by atoms with Crippen LogP contribution in [0.1, 0.15) is 30.7 Å². The van der Waals surface area contributed by atoms with E-state index in [0.29, 0.717) is 19.0 Å². The lowest BCUT2D eigenvalue weighted by Gasteiger charge is -2.17. The number of nitrogens with zero attached hydrogens (tertiary/aromatic N) is 1. The highest BCUT2D eigenvalue weighted by Gasteiger charge is 2.31. The third-order valence-corrected chi connectivity index (χ3v) is 3.66. The summed E-state index contributed by atoms with van der Waals surface area (Å²) < 4.78 is 0. The number of hydrogen-bond acceptors (Lipinski definition) is 3. The smallest absolute Gasteiger partial charge is 0.223 e. The van der Waals surface area contributed by atoms with E-state index in [1.165, 1.54) is 0 Å². The minimum absolute atomic E-state index is 0.0965. The Hall–Kier alpha value is -1.36. The predicted octanol–water partition coefficient (Wildman–Crippen LogP) is 0.709. The highest BCUT2D eigenvalue weighted by Crippen LogP contribution is 2.30. The molecule has 1 aliphatic carbocycles. The number of aryl methyl sites for hydroxylation is 1. The minimum atomic E-state index is 0.0965. The van der Waals surface area contributed by atoms with E-state index < -0.39 is 0 Å². The van der Waals surface area contributed by atoms with Gasteiger partial charge in [-0.1, -0.05) is 6.42 Å². The molecule has 2 rings (SSSR count). The number of amides is 1. The van der Waals surface area contributed by atoms with Gasteiger partial charge in [-0.05, 0) is 32.2 Å². The molecule has 0 aromatic carbocycles. The van der Waals surface area contributed by atoms with Crippen LogP contribution in [0.2, 0.25) is 0 Å². The Morgan fingerprint density at radius 3 is 3.12 bits per heavy atom. The number of aromatic amines is 1. The summed E-state index contributed by atoms with van der Waals surface area (Å²) in [5.74, 6) is 0.579. The molecule has 0 saturated heterocycles. The Balaban J connectivity index is 1.87. The van der Waals surface area contributed by atoms with E-state index in [2.05, 4.69) is 15.3 Å². The Labute approximate surface area is 101 Å². The molecule has 0 aliphatic heterocycles. The summed E-state index contributed by atoms with van der Waals surface area (Å²) in [7, 11) is 0. The van der Waals surface area contributed by atoms with Crippen LogP contribution in [0.15, 0.2) is 6.33 Å². The van der Waals surface area contributed by atoms with Crippen molar-refractivity contribution in [1.29, 1.82) is 0 Å². The molecular formula is C12H20N4O. The highest BCUT2D eigenvalue weighted by molar-refractivity contribution is 5.79. The van der Waals surface area contributed by atoms with Gasteiger partial charge < -0.3 is 16.0 Å². The van der Waals surface area contributed by atoms with Gasteiger partial charge in [0, 0.05) is 11.6 Å². The highest BCUT2D eigenvalue weighted by atomic mass is 16.1. The molecule has 0 radical (unpaired) electrons. The maximum atomic E-state index is 12.0. The third kappa shape index (κ3) is 2.66. The first-order valence-corrected chi connectivity index (χ1v) is 6.19. The molecule has 4 N–H and O–H groups in total. The fraction of sp³-hybridized carbons (Fsp3) is 0.667. The number of carbonyl (C=O) groups excluding carboxylic acids is 1. The Kier molecular flexibility index (Phi) is 3.78. The second-order valence-corrected chi connectivity index (χ2v) is 4.73. The van der Waals surface area contributed by atoms with Gasteiger partial charge in [-0.2, -0.15) is 0 Å². The summed E-state index contributed by atoms with van der Waals surface area (Å²) in [6.45, 7) is 3.06. The van der Waals surface area contributed by atoms with Crippen LogP contribution >= 0.6 is 0 Å². The molecule has 94 valence electrons. The Morgan fingerprint density at radius 1 is 1.65 bits per heavy atom. The number of carbonyl (C=O) groups is 1. The quantitative estimate of drug-likeness (QED) is 0.720. The molecule has 1 aromatic heterocycles. The molecule has 2 atom stereocenters. The standard InChI is InChI=1S/C12H20N4O/c1-8-11(16-7-15-8)6-14-12(17)10-4-2-3-9(10)5-13/h7,9-10H,2-6,13H2,1H3,(H,14,17)(H,15,16)/t9-,10-/m1/s1. The van der Waals surface area contributed by atoms with Crippen LogP contribution < -0.4 is 11.1 Å². The van der Waals surface area contributed by atoms with Crippen molar-refractivity contribution >= 4 is 5.91 Å².